The Morgan fingerprint density at radius 3 is 2.13 bits per heavy atom. The van der Waals surface area contributed by atoms with Gasteiger partial charge >= 0.3 is 0 Å². The van der Waals surface area contributed by atoms with Gasteiger partial charge in [0.2, 0.25) is 0 Å². The third-order valence-electron chi connectivity index (χ3n) is 3.34. The summed E-state index contributed by atoms with van der Waals surface area (Å²) in [5.74, 6) is 0. The molecule has 0 aromatic carbocycles. The van der Waals surface area contributed by atoms with E-state index in [0.29, 0.717) is 18.1 Å². The van der Waals surface area contributed by atoms with Crippen molar-refractivity contribution in [2.24, 2.45) is 0 Å². The van der Waals surface area contributed by atoms with E-state index in [1.807, 2.05) is 0 Å². The molecule has 15 heavy (non-hydrogen) atoms. The summed E-state index contributed by atoms with van der Waals surface area (Å²) >= 11 is 0. The van der Waals surface area contributed by atoms with Crippen molar-refractivity contribution in [3.63, 3.8) is 0 Å². The monoisotopic (exact) mass is 214 g/mol. The molecule has 0 aliphatic rings. The average Bonchev–Trinajstić information content (AvgIpc) is 2.17. The molecule has 0 aliphatic carbocycles. The van der Waals surface area contributed by atoms with Crippen LogP contribution in [0.5, 0.6) is 0 Å². The summed E-state index contributed by atoms with van der Waals surface area (Å²) in [4.78, 5) is 2.51. The Labute approximate surface area is 96.4 Å². The Balaban J connectivity index is 3.91. The average molecular weight is 214 g/mol. The van der Waals surface area contributed by atoms with Gasteiger partial charge in [0.15, 0.2) is 0 Å². The van der Waals surface area contributed by atoms with Gasteiger partial charge in [-0.2, -0.15) is 0 Å². The van der Waals surface area contributed by atoms with Gasteiger partial charge in [0.1, 0.15) is 0 Å². The molecule has 2 nitrogen and oxygen atoms in total. The van der Waals surface area contributed by atoms with Gasteiger partial charge in [0.05, 0.1) is 0 Å². The third kappa shape index (κ3) is 6.16. The normalized spacial score (nSPS) is 17.8. The van der Waals surface area contributed by atoms with Crippen molar-refractivity contribution in [3.8, 4) is 0 Å². The number of hydrogen-bond acceptors (Lipinski definition) is 2. The fourth-order valence-corrected chi connectivity index (χ4v) is 2.17. The molecule has 3 unspecified atom stereocenters. The van der Waals surface area contributed by atoms with Gasteiger partial charge in [-0.15, -0.1) is 0 Å². The molecule has 92 valence electrons. The molecule has 0 bridgehead atoms. The van der Waals surface area contributed by atoms with Crippen LogP contribution in [0.15, 0.2) is 0 Å². The minimum Gasteiger partial charge on any atom is -0.314 e. The zero-order valence-electron chi connectivity index (χ0n) is 11.5. The Kier molecular flexibility index (Phi) is 8.07. The minimum atomic E-state index is 0.626. The summed E-state index contributed by atoms with van der Waals surface area (Å²) < 4.78 is 0. The zero-order valence-corrected chi connectivity index (χ0v) is 11.5. The van der Waals surface area contributed by atoms with Crippen LogP contribution in [0.25, 0.3) is 0 Å². The van der Waals surface area contributed by atoms with Gasteiger partial charge in [0, 0.05) is 18.1 Å². The summed E-state index contributed by atoms with van der Waals surface area (Å²) in [6.07, 6.45) is 3.82. The SMILES string of the molecule is CCCC(C)N(C)C(C)CC(C)NCC. The minimum absolute atomic E-state index is 0.626. The van der Waals surface area contributed by atoms with Crippen molar-refractivity contribution in [2.45, 2.75) is 72.0 Å². The number of nitrogens with one attached hydrogen (secondary N) is 1. The maximum Gasteiger partial charge on any atom is 0.00814 e. The second-order valence-electron chi connectivity index (χ2n) is 4.85. The smallest absolute Gasteiger partial charge is 0.00814 e. The third-order valence-corrected chi connectivity index (χ3v) is 3.34. The van der Waals surface area contributed by atoms with E-state index in [1.165, 1.54) is 19.3 Å². The largest absolute Gasteiger partial charge is 0.314 e. The summed E-state index contributed by atoms with van der Waals surface area (Å²) in [6, 6.07) is 2.00. The van der Waals surface area contributed by atoms with E-state index in [0.717, 1.165) is 6.54 Å². The van der Waals surface area contributed by atoms with Crippen molar-refractivity contribution in [3.05, 3.63) is 0 Å². The highest BCUT2D eigenvalue weighted by Crippen LogP contribution is 2.12. The quantitative estimate of drug-likeness (QED) is 0.668. The number of rotatable bonds is 8. The molecular formula is C13H30N2. The second kappa shape index (κ2) is 8.12. The molecule has 0 aromatic heterocycles. The molecule has 3 atom stereocenters. The van der Waals surface area contributed by atoms with E-state index in [1.54, 1.807) is 0 Å². The lowest BCUT2D eigenvalue weighted by Crippen LogP contribution is -2.41. The molecule has 0 saturated heterocycles. The molecule has 0 radical (unpaired) electrons. The van der Waals surface area contributed by atoms with Gasteiger partial charge in [0.25, 0.3) is 0 Å². The Bertz CT molecular complexity index is 147. The molecule has 0 aromatic rings. The van der Waals surface area contributed by atoms with Crippen LogP contribution in [0.2, 0.25) is 0 Å². The van der Waals surface area contributed by atoms with Crippen molar-refractivity contribution in [1.82, 2.24) is 10.2 Å². The summed E-state index contributed by atoms with van der Waals surface area (Å²) in [5.41, 5.74) is 0. The van der Waals surface area contributed by atoms with E-state index in [9.17, 15) is 0 Å². The highest BCUT2D eigenvalue weighted by Gasteiger charge is 2.16. The van der Waals surface area contributed by atoms with Gasteiger partial charge in [-0.1, -0.05) is 20.3 Å². The molecule has 2 heteroatoms. The van der Waals surface area contributed by atoms with E-state index < -0.39 is 0 Å². The summed E-state index contributed by atoms with van der Waals surface area (Å²) in [6.45, 7) is 12.4. The van der Waals surface area contributed by atoms with Crippen LogP contribution in [0.3, 0.4) is 0 Å². The second-order valence-corrected chi connectivity index (χ2v) is 4.85. The van der Waals surface area contributed by atoms with Crippen molar-refractivity contribution in [2.75, 3.05) is 13.6 Å². The fourth-order valence-electron chi connectivity index (χ4n) is 2.17. The molecule has 0 aliphatic heterocycles. The highest BCUT2D eigenvalue weighted by atomic mass is 15.2. The van der Waals surface area contributed by atoms with E-state index in [-0.39, 0.29) is 0 Å². The lowest BCUT2D eigenvalue weighted by Gasteiger charge is -2.32. The van der Waals surface area contributed by atoms with Gasteiger partial charge in [-0.25, -0.2) is 0 Å². The predicted octanol–water partition coefficient (Wildman–Crippen LogP) is 2.88. The molecule has 0 heterocycles. The molecule has 1 N–H and O–H groups in total. The van der Waals surface area contributed by atoms with E-state index in [2.05, 4.69) is 51.9 Å². The Morgan fingerprint density at radius 1 is 1.07 bits per heavy atom. The molecule has 0 fully saturated rings. The van der Waals surface area contributed by atoms with Crippen LogP contribution in [0, 0.1) is 0 Å². The highest BCUT2D eigenvalue weighted by molar-refractivity contribution is 4.74. The van der Waals surface area contributed by atoms with E-state index in [4.69, 9.17) is 0 Å². The molecular weight excluding hydrogens is 184 g/mol. The van der Waals surface area contributed by atoms with Crippen LogP contribution in [-0.4, -0.2) is 36.6 Å². The van der Waals surface area contributed by atoms with Crippen LogP contribution in [0.1, 0.15) is 53.9 Å². The van der Waals surface area contributed by atoms with Crippen molar-refractivity contribution >= 4 is 0 Å². The summed E-state index contributed by atoms with van der Waals surface area (Å²) in [5, 5.41) is 3.48. The van der Waals surface area contributed by atoms with Crippen LogP contribution < -0.4 is 5.32 Å². The standard InChI is InChI=1S/C13H30N2/c1-7-9-12(4)15(6)13(5)10-11(3)14-8-2/h11-14H,7-10H2,1-6H3. The number of nitrogens with zero attached hydrogens (tertiary/aromatic N) is 1. The van der Waals surface area contributed by atoms with Gasteiger partial charge in [-0.05, 0) is 47.2 Å². The predicted molar refractivity (Wildman–Crippen MR) is 69.4 cm³/mol. The molecule has 0 amide bonds. The molecule has 0 spiro atoms. The fraction of sp³-hybridized carbons (Fsp3) is 1.00. The van der Waals surface area contributed by atoms with Crippen molar-refractivity contribution < 1.29 is 0 Å². The first-order chi connectivity index (χ1) is 7.02. The van der Waals surface area contributed by atoms with Crippen LogP contribution >= 0.6 is 0 Å². The molecule has 0 rings (SSSR count). The van der Waals surface area contributed by atoms with Crippen molar-refractivity contribution in [1.29, 1.82) is 0 Å². The van der Waals surface area contributed by atoms with E-state index >= 15 is 0 Å². The van der Waals surface area contributed by atoms with Gasteiger partial charge in [-0.3, -0.25) is 0 Å². The van der Waals surface area contributed by atoms with Crippen LogP contribution in [0.4, 0.5) is 0 Å². The van der Waals surface area contributed by atoms with Gasteiger partial charge < -0.3 is 10.2 Å². The topological polar surface area (TPSA) is 15.3 Å². The Hall–Kier alpha value is -0.0800. The first kappa shape index (κ1) is 14.9. The lowest BCUT2D eigenvalue weighted by molar-refractivity contribution is 0.169. The maximum atomic E-state index is 3.48. The van der Waals surface area contributed by atoms with Crippen LogP contribution in [-0.2, 0) is 0 Å². The first-order valence-electron chi connectivity index (χ1n) is 6.48. The number of hydrogen-bond donors (Lipinski definition) is 1. The maximum absolute atomic E-state index is 3.48. The summed E-state index contributed by atoms with van der Waals surface area (Å²) in [7, 11) is 2.25. The first-order valence-corrected chi connectivity index (χ1v) is 6.48. The zero-order chi connectivity index (χ0) is 11.8. The molecule has 0 saturated carbocycles. The Morgan fingerprint density at radius 2 is 1.67 bits per heavy atom. The lowest BCUT2D eigenvalue weighted by atomic mass is 10.1.